The zero-order chi connectivity index (χ0) is 20.0. The van der Waals surface area contributed by atoms with Gasteiger partial charge in [0.2, 0.25) is 0 Å². The maximum absolute atomic E-state index is 12.0. The molecule has 2 aliphatic carbocycles. The number of benzene rings is 1. The van der Waals surface area contributed by atoms with Crippen LogP contribution in [0.2, 0.25) is 0 Å². The van der Waals surface area contributed by atoms with Gasteiger partial charge in [-0.2, -0.15) is 5.26 Å². The van der Waals surface area contributed by atoms with Crippen LogP contribution in [0.3, 0.4) is 0 Å². The number of fused-ring (bicyclic) bond motifs is 1. The molecule has 1 aromatic rings. The molecule has 2 saturated carbocycles. The summed E-state index contributed by atoms with van der Waals surface area (Å²) in [6, 6.07) is 9.68. The van der Waals surface area contributed by atoms with E-state index in [-0.39, 0.29) is 23.7 Å². The lowest BCUT2D eigenvalue weighted by Gasteiger charge is -2.28. The number of allylic oxidation sites excluding steroid dienone is 1. The summed E-state index contributed by atoms with van der Waals surface area (Å²) in [5.41, 5.74) is 0.768. The van der Waals surface area contributed by atoms with Gasteiger partial charge in [0.15, 0.2) is 5.78 Å². The number of ketones is 1. The normalized spacial score (nSPS) is 29.1. The van der Waals surface area contributed by atoms with E-state index in [9.17, 15) is 15.2 Å². The van der Waals surface area contributed by atoms with Crippen molar-refractivity contribution in [2.24, 2.45) is 11.8 Å². The average Bonchev–Trinajstić information content (AvgIpc) is 3.18. The van der Waals surface area contributed by atoms with Crippen LogP contribution in [0.5, 0.6) is 0 Å². The first kappa shape index (κ1) is 20.8. The van der Waals surface area contributed by atoms with E-state index in [1.54, 1.807) is 12.1 Å². The second kappa shape index (κ2) is 9.49. The number of carbonyl (C=O) groups excluding carboxylic acids is 1. The molecule has 1 aromatic carbocycles. The maximum atomic E-state index is 12.0. The summed E-state index contributed by atoms with van der Waals surface area (Å²) in [5.74, 6) is 0.431. The van der Waals surface area contributed by atoms with E-state index in [1.807, 2.05) is 24.3 Å². The summed E-state index contributed by atoms with van der Waals surface area (Å²) in [6.45, 7) is 2.53. The van der Waals surface area contributed by atoms with Gasteiger partial charge in [-0.25, -0.2) is 0 Å². The zero-order valence-corrected chi connectivity index (χ0v) is 16.8. The minimum Gasteiger partial charge on any atom is -0.389 e. The number of ether oxygens (including phenoxy) is 1. The standard InChI is InChI=1S/C24H31NO3/c1-2-3-4-9-22(26)13-12-20-10-11-21-14-23(15-24(20,21)27)28-17-19-8-6-5-7-18(19)16-25/h5-8,12-13,20-21,23,27H,2-4,9-11,14-15,17H2,1H3/t20-,21-,23?,24-/m1/s1. The molecule has 3 rings (SSSR count). The van der Waals surface area contributed by atoms with Gasteiger partial charge < -0.3 is 9.84 Å². The van der Waals surface area contributed by atoms with Gasteiger partial charge in [0, 0.05) is 18.8 Å². The highest BCUT2D eigenvalue weighted by Gasteiger charge is 2.54. The van der Waals surface area contributed by atoms with E-state index < -0.39 is 5.60 Å². The van der Waals surface area contributed by atoms with E-state index in [1.165, 1.54) is 0 Å². The third kappa shape index (κ3) is 4.71. The summed E-state index contributed by atoms with van der Waals surface area (Å²) < 4.78 is 6.07. The molecule has 28 heavy (non-hydrogen) atoms. The zero-order valence-electron chi connectivity index (χ0n) is 16.8. The van der Waals surface area contributed by atoms with Crippen LogP contribution in [-0.4, -0.2) is 22.6 Å². The van der Waals surface area contributed by atoms with Crippen molar-refractivity contribution in [2.75, 3.05) is 0 Å². The lowest BCUT2D eigenvalue weighted by molar-refractivity contribution is -0.114. The number of unbranched alkanes of at least 4 members (excludes halogenated alkanes) is 2. The van der Waals surface area contributed by atoms with Gasteiger partial charge in [0.25, 0.3) is 0 Å². The predicted octanol–water partition coefficient (Wildman–Crippen LogP) is 4.70. The molecule has 1 unspecified atom stereocenters. The van der Waals surface area contributed by atoms with Crippen molar-refractivity contribution in [3.8, 4) is 6.07 Å². The fourth-order valence-corrected chi connectivity index (χ4v) is 4.80. The minimum absolute atomic E-state index is 0.00166. The molecule has 4 heteroatoms. The Bertz CT molecular complexity index is 750. The van der Waals surface area contributed by atoms with Crippen molar-refractivity contribution in [2.45, 2.75) is 76.6 Å². The van der Waals surface area contributed by atoms with Gasteiger partial charge in [0.1, 0.15) is 0 Å². The number of aliphatic hydroxyl groups is 1. The molecular weight excluding hydrogens is 350 g/mol. The lowest BCUT2D eigenvalue weighted by atomic mass is 9.86. The number of carbonyl (C=O) groups is 1. The van der Waals surface area contributed by atoms with Gasteiger partial charge in [-0.1, -0.05) is 44.0 Å². The highest BCUT2D eigenvalue weighted by molar-refractivity contribution is 5.89. The molecule has 0 spiro atoms. The third-order valence-corrected chi connectivity index (χ3v) is 6.43. The van der Waals surface area contributed by atoms with Crippen LogP contribution in [0.4, 0.5) is 0 Å². The Labute approximate surface area is 168 Å². The molecule has 0 aliphatic heterocycles. The van der Waals surface area contributed by atoms with Crippen LogP contribution in [-0.2, 0) is 16.1 Å². The van der Waals surface area contributed by atoms with E-state index in [0.29, 0.717) is 25.0 Å². The monoisotopic (exact) mass is 381 g/mol. The first-order valence-corrected chi connectivity index (χ1v) is 10.6. The molecule has 0 saturated heterocycles. The quantitative estimate of drug-likeness (QED) is 0.497. The van der Waals surface area contributed by atoms with Crippen molar-refractivity contribution < 1.29 is 14.6 Å². The van der Waals surface area contributed by atoms with Gasteiger partial charge >= 0.3 is 0 Å². The minimum atomic E-state index is -0.764. The molecular formula is C24H31NO3. The summed E-state index contributed by atoms with van der Waals surface area (Å²) in [7, 11) is 0. The Morgan fingerprint density at radius 2 is 2.18 bits per heavy atom. The van der Waals surface area contributed by atoms with Crippen LogP contribution in [0.15, 0.2) is 36.4 Å². The van der Waals surface area contributed by atoms with E-state index in [2.05, 4.69) is 13.0 Å². The van der Waals surface area contributed by atoms with Gasteiger partial charge in [-0.15, -0.1) is 0 Å². The van der Waals surface area contributed by atoms with Gasteiger partial charge in [-0.3, -0.25) is 4.79 Å². The van der Waals surface area contributed by atoms with Crippen LogP contribution in [0.25, 0.3) is 0 Å². The van der Waals surface area contributed by atoms with E-state index in [4.69, 9.17) is 4.74 Å². The Kier molecular flexibility index (Phi) is 7.04. The van der Waals surface area contributed by atoms with Gasteiger partial charge in [-0.05, 0) is 49.3 Å². The molecule has 150 valence electrons. The number of nitrogens with zero attached hydrogens (tertiary/aromatic N) is 1. The maximum Gasteiger partial charge on any atom is 0.155 e. The Hall–Kier alpha value is -1.96. The van der Waals surface area contributed by atoms with E-state index in [0.717, 1.165) is 44.1 Å². The van der Waals surface area contributed by atoms with Gasteiger partial charge in [0.05, 0.1) is 29.9 Å². The van der Waals surface area contributed by atoms with Crippen molar-refractivity contribution in [3.05, 3.63) is 47.5 Å². The molecule has 1 N–H and O–H groups in total. The Balaban J connectivity index is 1.55. The number of rotatable bonds is 9. The first-order valence-electron chi connectivity index (χ1n) is 10.6. The van der Waals surface area contributed by atoms with Crippen molar-refractivity contribution in [1.82, 2.24) is 0 Å². The molecule has 4 nitrogen and oxygen atoms in total. The molecule has 0 heterocycles. The van der Waals surface area contributed by atoms with Crippen LogP contribution < -0.4 is 0 Å². The second-order valence-electron chi connectivity index (χ2n) is 8.30. The summed E-state index contributed by atoms with van der Waals surface area (Å²) in [6.07, 6.45) is 10.7. The lowest BCUT2D eigenvalue weighted by Crippen LogP contribution is -2.35. The molecule has 0 amide bonds. The SMILES string of the molecule is CCCCCC(=O)C=C[C@H]1CC[C@@H]2CC(OCc3ccccc3C#N)C[C@]21O. The topological polar surface area (TPSA) is 70.3 Å². The van der Waals surface area contributed by atoms with Crippen molar-refractivity contribution >= 4 is 5.78 Å². The van der Waals surface area contributed by atoms with E-state index >= 15 is 0 Å². The fraction of sp³-hybridized carbons (Fsp3) is 0.583. The van der Waals surface area contributed by atoms with Crippen LogP contribution in [0.1, 0.15) is 69.4 Å². The molecule has 0 bridgehead atoms. The molecule has 0 radical (unpaired) electrons. The highest BCUT2D eigenvalue weighted by atomic mass is 16.5. The number of nitriles is 1. The molecule has 0 aromatic heterocycles. The van der Waals surface area contributed by atoms with Crippen molar-refractivity contribution in [3.63, 3.8) is 0 Å². The second-order valence-corrected chi connectivity index (χ2v) is 8.30. The predicted molar refractivity (Wildman–Crippen MR) is 108 cm³/mol. The highest BCUT2D eigenvalue weighted by Crippen LogP contribution is 2.52. The largest absolute Gasteiger partial charge is 0.389 e. The molecule has 2 fully saturated rings. The smallest absolute Gasteiger partial charge is 0.155 e. The van der Waals surface area contributed by atoms with Crippen LogP contribution >= 0.6 is 0 Å². The Morgan fingerprint density at radius 3 is 2.96 bits per heavy atom. The summed E-state index contributed by atoms with van der Waals surface area (Å²) >= 11 is 0. The van der Waals surface area contributed by atoms with Crippen molar-refractivity contribution in [1.29, 1.82) is 5.26 Å². The molecule has 2 aliphatic rings. The Morgan fingerprint density at radius 1 is 1.36 bits per heavy atom. The molecule has 4 atom stereocenters. The summed E-state index contributed by atoms with van der Waals surface area (Å²) in [5, 5.41) is 20.5. The fourth-order valence-electron chi connectivity index (χ4n) is 4.80. The first-order chi connectivity index (χ1) is 13.6. The third-order valence-electron chi connectivity index (χ3n) is 6.43. The average molecular weight is 382 g/mol. The number of hydrogen-bond donors (Lipinski definition) is 1. The van der Waals surface area contributed by atoms with Crippen LogP contribution in [0, 0.1) is 23.2 Å². The number of hydrogen-bond acceptors (Lipinski definition) is 4. The summed E-state index contributed by atoms with van der Waals surface area (Å²) in [4.78, 5) is 12.0.